The van der Waals surface area contributed by atoms with Crippen molar-refractivity contribution in [1.29, 1.82) is 0 Å². The number of esters is 1. The van der Waals surface area contributed by atoms with Crippen LogP contribution in [0.3, 0.4) is 0 Å². The van der Waals surface area contributed by atoms with Crippen LogP contribution in [-0.4, -0.2) is 17.9 Å². The second-order valence-corrected chi connectivity index (χ2v) is 7.54. The van der Waals surface area contributed by atoms with Crippen LogP contribution in [0.5, 0.6) is 0 Å². The number of thiophene rings is 1. The Kier molecular flexibility index (Phi) is 6.20. The van der Waals surface area contributed by atoms with Gasteiger partial charge in [0.2, 0.25) is 5.78 Å². The predicted octanol–water partition coefficient (Wildman–Crippen LogP) is 5.47. The lowest BCUT2D eigenvalue weighted by atomic mass is 10.0. The first kappa shape index (κ1) is 19.1. The number of carbonyl (C=O) groups is 2. The Morgan fingerprint density at radius 3 is 2.33 bits per heavy atom. The van der Waals surface area contributed by atoms with Crippen LogP contribution in [0.2, 0.25) is 0 Å². The van der Waals surface area contributed by atoms with Crippen molar-refractivity contribution < 1.29 is 14.3 Å². The van der Waals surface area contributed by atoms with E-state index in [4.69, 9.17) is 4.74 Å². The van der Waals surface area contributed by atoms with Crippen LogP contribution < -0.4 is 0 Å². The summed E-state index contributed by atoms with van der Waals surface area (Å²) in [5, 5.41) is 1.85. The highest BCUT2D eigenvalue weighted by molar-refractivity contribution is 7.12. The van der Waals surface area contributed by atoms with E-state index in [-0.39, 0.29) is 11.9 Å². The minimum Gasteiger partial charge on any atom is -0.459 e. The number of aryl methyl sites for hydroxylation is 2. The van der Waals surface area contributed by atoms with Gasteiger partial charge in [-0.15, -0.1) is 11.3 Å². The molecule has 3 rings (SSSR count). The molecule has 0 aliphatic carbocycles. The van der Waals surface area contributed by atoms with Gasteiger partial charge in [-0.2, -0.15) is 0 Å². The van der Waals surface area contributed by atoms with Gasteiger partial charge in [-0.3, -0.25) is 4.79 Å². The van der Waals surface area contributed by atoms with Gasteiger partial charge in [-0.25, -0.2) is 4.79 Å². The van der Waals surface area contributed by atoms with Gasteiger partial charge in [0.15, 0.2) is 0 Å². The summed E-state index contributed by atoms with van der Waals surface area (Å²) in [6, 6.07) is 18.8. The maximum absolute atomic E-state index is 12.7. The molecule has 0 N–H and O–H groups in total. The van der Waals surface area contributed by atoms with Crippen molar-refractivity contribution in [3.05, 3.63) is 93.2 Å². The summed E-state index contributed by atoms with van der Waals surface area (Å²) in [6.45, 7) is 3.94. The molecule has 0 bridgehead atoms. The van der Waals surface area contributed by atoms with E-state index in [2.05, 4.69) is 31.2 Å². The van der Waals surface area contributed by atoms with Crippen LogP contribution in [0.4, 0.5) is 0 Å². The highest BCUT2D eigenvalue weighted by atomic mass is 32.1. The average molecular weight is 378 g/mol. The Labute approximate surface area is 163 Å². The number of hydrogen-bond acceptors (Lipinski definition) is 4. The molecule has 3 aromatic rings. The highest BCUT2D eigenvalue weighted by Gasteiger charge is 2.21. The monoisotopic (exact) mass is 378 g/mol. The van der Waals surface area contributed by atoms with Gasteiger partial charge >= 0.3 is 5.97 Å². The smallest absolute Gasteiger partial charge is 0.339 e. The summed E-state index contributed by atoms with van der Waals surface area (Å²) in [6.07, 6.45) is 1.34. The molecule has 138 valence electrons. The van der Waals surface area contributed by atoms with Crippen LogP contribution in [0.15, 0.2) is 66.0 Å². The largest absolute Gasteiger partial charge is 0.459 e. The molecule has 0 saturated heterocycles. The van der Waals surface area contributed by atoms with E-state index in [1.807, 2.05) is 18.4 Å². The number of hydrogen-bond donors (Lipinski definition) is 0. The lowest BCUT2D eigenvalue weighted by Crippen LogP contribution is -2.18. The summed E-state index contributed by atoms with van der Waals surface area (Å²) in [7, 11) is 0. The third-order valence-corrected chi connectivity index (χ3v) is 5.27. The van der Waals surface area contributed by atoms with Gasteiger partial charge in [0, 0.05) is 5.56 Å². The molecule has 0 aliphatic heterocycles. The summed E-state index contributed by atoms with van der Waals surface area (Å²) >= 11 is 1.37. The average Bonchev–Trinajstić information content (AvgIpc) is 3.22. The molecule has 0 saturated carbocycles. The van der Waals surface area contributed by atoms with Crippen molar-refractivity contribution in [2.75, 3.05) is 0 Å². The molecular weight excluding hydrogens is 356 g/mol. The number of ether oxygens (including phenoxy) is 1. The van der Waals surface area contributed by atoms with E-state index in [9.17, 15) is 9.59 Å². The van der Waals surface area contributed by atoms with E-state index in [0.29, 0.717) is 16.0 Å². The normalized spacial score (nSPS) is 11.8. The van der Waals surface area contributed by atoms with Gasteiger partial charge < -0.3 is 4.74 Å². The molecule has 3 nitrogen and oxygen atoms in total. The Hall–Kier alpha value is -2.72. The zero-order valence-electron chi connectivity index (χ0n) is 15.5. The predicted molar refractivity (Wildman–Crippen MR) is 109 cm³/mol. The SMILES string of the molecule is Cc1ccc(CCC(C)OC(=O)c2ccccc2C(=O)c2cccs2)cc1. The minimum atomic E-state index is -0.452. The fourth-order valence-electron chi connectivity index (χ4n) is 2.83. The second-order valence-electron chi connectivity index (χ2n) is 6.59. The van der Waals surface area contributed by atoms with Crippen molar-refractivity contribution in [1.82, 2.24) is 0 Å². The first-order chi connectivity index (χ1) is 13.0. The summed E-state index contributed by atoms with van der Waals surface area (Å²) in [5.41, 5.74) is 3.15. The Morgan fingerprint density at radius 2 is 1.67 bits per heavy atom. The summed E-state index contributed by atoms with van der Waals surface area (Å²) in [4.78, 5) is 25.9. The van der Waals surface area contributed by atoms with E-state index < -0.39 is 5.97 Å². The molecule has 1 heterocycles. The molecule has 0 amide bonds. The van der Waals surface area contributed by atoms with Crippen molar-refractivity contribution in [3.8, 4) is 0 Å². The standard InChI is InChI=1S/C23H22O3S/c1-16-9-12-18(13-10-16)14-11-17(2)26-23(25)20-7-4-3-6-19(20)22(24)21-8-5-15-27-21/h3-10,12-13,15,17H,11,14H2,1-2H3. The van der Waals surface area contributed by atoms with Crippen LogP contribution in [0, 0.1) is 6.92 Å². The maximum atomic E-state index is 12.7. The number of carbonyl (C=O) groups excluding carboxylic acids is 2. The van der Waals surface area contributed by atoms with E-state index in [0.717, 1.165) is 12.8 Å². The zero-order valence-corrected chi connectivity index (χ0v) is 16.3. The number of ketones is 1. The van der Waals surface area contributed by atoms with Crippen LogP contribution in [0.1, 0.15) is 50.1 Å². The van der Waals surface area contributed by atoms with Gasteiger partial charge in [0.25, 0.3) is 0 Å². The van der Waals surface area contributed by atoms with Crippen molar-refractivity contribution in [3.63, 3.8) is 0 Å². The zero-order chi connectivity index (χ0) is 19.2. The third kappa shape index (κ3) is 4.92. The molecule has 4 heteroatoms. The van der Waals surface area contributed by atoms with Crippen LogP contribution in [-0.2, 0) is 11.2 Å². The van der Waals surface area contributed by atoms with Crippen molar-refractivity contribution >= 4 is 23.1 Å². The summed E-state index contributed by atoms with van der Waals surface area (Å²) < 4.78 is 5.60. The highest BCUT2D eigenvalue weighted by Crippen LogP contribution is 2.20. The molecule has 27 heavy (non-hydrogen) atoms. The first-order valence-electron chi connectivity index (χ1n) is 8.98. The van der Waals surface area contributed by atoms with Crippen molar-refractivity contribution in [2.24, 2.45) is 0 Å². The lowest BCUT2D eigenvalue weighted by Gasteiger charge is -2.15. The van der Waals surface area contributed by atoms with Crippen molar-refractivity contribution in [2.45, 2.75) is 32.8 Å². The molecule has 1 aromatic heterocycles. The van der Waals surface area contributed by atoms with E-state index >= 15 is 0 Å². The first-order valence-corrected chi connectivity index (χ1v) is 9.86. The molecular formula is C23H22O3S. The van der Waals surface area contributed by atoms with Gasteiger partial charge in [0.1, 0.15) is 0 Å². The second kappa shape index (κ2) is 8.78. The summed E-state index contributed by atoms with van der Waals surface area (Å²) in [5.74, 6) is -0.600. The number of rotatable bonds is 7. The molecule has 0 aliphatic rings. The Bertz CT molecular complexity index is 911. The van der Waals surface area contributed by atoms with E-state index in [1.165, 1.54) is 22.5 Å². The fourth-order valence-corrected chi connectivity index (χ4v) is 3.51. The molecule has 1 atom stereocenters. The van der Waals surface area contributed by atoms with Gasteiger partial charge in [-0.05, 0) is 49.8 Å². The molecule has 0 spiro atoms. The maximum Gasteiger partial charge on any atom is 0.339 e. The molecule has 0 fully saturated rings. The van der Waals surface area contributed by atoms with Gasteiger partial charge in [0.05, 0.1) is 16.5 Å². The topological polar surface area (TPSA) is 43.4 Å². The van der Waals surface area contributed by atoms with Gasteiger partial charge in [-0.1, -0.05) is 54.1 Å². The molecule has 2 aromatic carbocycles. The molecule has 1 unspecified atom stereocenters. The lowest BCUT2D eigenvalue weighted by molar-refractivity contribution is 0.0323. The van der Waals surface area contributed by atoms with E-state index in [1.54, 1.807) is 30.3 Å². The molecule has 0 radical (unpaired) electrons. The quantitative estimate of drug-likeness (QED) is 0.405. The van der Waals surface area contributed by atoms with Crippen LogP contribution >= 0.6 is 11.3 Å². The fraction of sp³-hybridized carbons (Fsp3) is 0.217. The van der Waals surface area contributed by atoms with Crippen LogP contribution in [0.25, 0.3) is 0 Å². The Balaban J connectivity index is 1.65. The minimum absolute atomic E-state index is 0.148. The Morgan fingerprint density at radius 1 is 0.963 bits per heavy atom. The number of benzene rings is 2. The third-order valence-electron chi connectivity index (χ3n) is 4.40.